The van der Waals surface area contributed by atoms with E-state index in [1.807, 2.05) is 17.5 Å². The van der Waals surface area contributed by atoms with E-state index >= 15 is 0 Å². The van der Waals surface area contributed by atoms with Crippen LogP contribution in [0.3, 0.4) is 0 Å². The number of hydrogen-bond acceptors (Lipinski definition) is 8. The van der Waals surface area contributed by atoms with E-state index in [0.29, 0.717) is 35.3 Å². The second-order valence-corrected chi connectivity index (χ2v) is 11.0. The fraction of sp³-hybridized carbons (Fsp3) is 0.345. The zero-order chi connectivity index (χ0) is 28.2. The van der Waals surface area contributed by atoms with Crippen LogP contribution in [0.1, 0.15) is 43.0 Å². The van der Waals surface area contributed by atoms with Gasteiger partial charge in [0.15, 0.2) is 11.5 Å². The highest BCUT2D eigenvalue weighted by Gasteiger charge is 2.36. The average Bonchev–Trinajstić information content (AvgIpc) is 3.69. The highest BCUT2D eigenvalue weighted by atomic mass is 32.1. The highest BCUT2D eigenvalue weighted by molar-refractivity contribution is 7.10. The number of carbonyl (C=O) groups is 2. The van der Waals surface area contributed by atoms with Crippen LogP contribution in [0.4, 0.5) is 10.1 Å². The number of benzene rings is 2. The van der Waals surface area contributed by atoms with Crippen molar-refractivity contribution in [3.05, 3.63) is 70.7 Å². The quantitative estimate of drug-likeness (QED) is 0.328. The van der Waals surface area contributed by atoms with Crippen molar-refractivity contribution in [1.29, 1.82) is 0 Å². The van der Waals surface area contributed by atoms with Crippen LogP contribution in [0.2, 0.25) is 0 Å². The number of carbonyl (C=O) groups excluding carboxylic acids is 2. The normalized spacial score (nSPS) is 15.7. The molecule has 2 amide bonds. The second kappa shape index (κ2) is 12.0. The SMILES string of the molecule is O=C(NC1CCCCC1)[C@@H](c1cccs1)N(C(=O)Cn1nnc(-c2ccccc2F)n1)c1ccc2c(c1)OCCO2. The number of nitrogens with one attached hydrogen (secondary N) is 1. The Balaban J connectivity index is 1.35. The minimum atomic E-state index is -0.943. The number of ether oxygens (including phenoxy) is 2. The number of nitrogens with zero attached hydrogens (tertiary/aromatic N) is 5. The van der Waals surface area contributed by atoms with Gasteiger partial charge >= 0.3 is 0 Å². The van der Waals surface area contributed by atoms with E-state index in [9.17, 15) is 14.0 Å². The molecule has 1 fully saturated rings. The molecule has 12 heteroatoms. The molecule has 41 heavy (non-hydrogen) atoms. The van der Waals surface area contributed by atoms with Crippen LogP contribution < -0.4 is 19.7 Å². The van der Waals surface area contributed by atoms with Gasteiger partial charge in [0, 0.05) is 22.7 Å². The van der Waals surface area contributed by atoms with Gasteiger partial charge < -0.3 is 14.8 Å². The molecule has 1 atom stereocenters. The van der Waals surface area contributed by atoms with Gasteiger partial charge in [-0.2, -0.15) is 4.80 Å². The van der Waals surface area contributed by atoms with Gasteiger partial charge in [-0.1, -0.05) is 37.5 Å². The minimum absolute atomic E-state index is 0.0521. The average molecular weight is 577 g/mol. The van der Waals surface area contributed by atoms with Crippen LogP contribution in [0.5, 0.6) is 11.5 Å². The number of fused-ring (bicyclic) bond motifs is 1. The van der Waals surface area contributed by atoms with Crippen LogP contribution >= 0.6 is 11.3 Å². The van der Waals surface area contributed by atoms with Gasteiger partial charge in [0.05, 0.1) is 5.56 Å². The predicted molar refractivity (Wildman–Crippen MR) is 150 cm³/mol. The zero-order valence-electron chi connectivity index (χ0n) is 22.2. The Kier molecular flexibility index (Phi) is 7.90. The van der Waals surface area contributed by atoms with Gasteiger partial charge in [-0.05, 0) is 53.8 Å². The van der Waals surface area contributed by atoms with Crippen molar-refractivity contribution in [3.63, 3.8) is 0 Å². The van der Waals surface area contributed by atoms with Crippen LogP contribution in [-0.2, 0) is 16.1 Å². The lowest BCUT2D eigenvalue weighted by atomic mass is 9.95. The molecule has 3 heterocycles. The van der Waals surface area contributed by atoms with Crippen LogP contribution in [0.25, 0.3) is 11.4 Å². The van der Waals surface area contributed by atoms with E-state index in [0.717, 1.165) is 36.9 Å². The molecule has 6 rings (SSSR count). The van der Waals surface area contributed by atoms with Crippen molar-refractivity contribution in [1.82, 2.24) is 25.5 Å². The Labute approximate surface area is 240 Å². The van der Waals surface area contributed by atoms with E-state index in [1.165, 1.54) is 22.3 Å². The standard InChI is InChI=1S/C29H29FN6O4S/c30-22-10-5-4-9-21(22)28-32-34-35(33-28)18-26(37)36(20-12-13-23-24(17-20)40-15-14-39-23)27(25-11-6-16-41-25)29(38)31-19-7-2-1-3-8-19/h4-6,9-13,16-17,19,27H,1-3,7-8,14-15,18H2,(H,31,38)/t27-/m1/s1. The Morgan fingerprint density at radius 3 is 2.63 bits per heavy atom. The number of tetrazole rings is 1. The highest BCUT2D eigenvalue weighted by Crippen LogP contribution is 2.38. The van der Waals surface area contributed by atoms with Crippen LogP contribution in [0, 0.1) is 5.82 Å². The van der Waals surface area contributed by atoms with Crippen molar-refractivity contribution in [2.45, 2.75) is 50.7 Å². The third-order valence-corrected chi connectivity index (χ3v) is 8.11. The van der Waals surface area contributed by atoms with E-state index in [-0.39, 0.29) is 29.9 Å². The number of aromatic nitrogens is 4. The molecule has 0 saturated heterocycles. The third kappa shape index (κ3) is 5.92. The summed E-state index contributed by atoms with van der Waals surface area (Å²) in [6.45, 7) is 0.482. The molecular weight excluding hydrogens is 547 g/mol. The monoisotopic (exact) mass is 576 g/mol. The lowest BCUT2D eigenvalue weighted by Gasteiger charge is -2.33. The maximum Gasteiger partial charge on any atom is 0.251 e. The number of anilines is 1. The predicted octanol–water partition coefficient (Wildman–Crippen LogP) is 4.54. The molecule has 1 saturated carbocycles. The Morgan fingerprint density at radius 1 is 1.05 bits per heavy atom. The Hall–Kier alpha value is -4.32. The minimum Gasteiger partial charge on any atom is -0.486 e. The Morgan fingerprint density at radius 2 is 1.85 bits per heavy atom. The first-order chi connectivity index (χ1) is 20.1. The molecule has 4 aromatic rings. The molecule has 1 aliphatic carbocycles. The molecule has 0 spiro atoms. The summed E-state index contributed by atoms with van der Waals surface area (Å²) in [4.78, 5) is 31.3. The number of halogens is 1. The topological polar surface area (TPSA) is 111 Å². The smallest absolute Gasteiger partial charge is 0.251 e. The zero-order valence-corrected chi connectivity index (χ0v) is 23.1. The summed E-state index contributed by atoms with van der Waals surface area (Å²) in [5.41, 5.74) is 0.643. The number of rotatable bonds is 8. The lowest BCUT2D eigenvalue weighted by molar-refractivity contribution is -0.127. The molecule has 2 aromatic heterocycles. The molecule has 1 N–H and O–H groups in total. The van der Waals surface area contributed by atoms with Crippen molar-refractivity contribution in [2.75, 3.05) is 18.1 Å². The summed E-state index contributed by atoms with van der Waals surface area (Å²) in [5.74, 6) is -0.0818. The maximum atomic E-state index is 14.3. The van der Waals surface area contributed by atoms with E-state index in [1.54, 1.807) is 36.4 Å². The first-order valence-electron chi connectivity index (χ1n) is 13.6. The summed E-state index contributed by atoms with van der Waals surface area (Å²) < 4.78 is 25.8. The van der Waals surface area contributed by atoms with E-state index in [2.05, 4.69) is 20.7 Å². The number of amides is 2. The van der Waals surface area contributed by atoms with Gasteiger partial charge in [-0.15, -0.1) is 21.5 Å². The molecule has 212 valence electrons. The number of hydrogen-bond donors (Lipinski definition) is 1. The fourth-order valence-electron chi connectivity index (χ4n) is 5.22. The second-order valence-electron chi connectivity index (χ2n) is 9.98. The molecule has 10 nitrogen and oxygen atoms in total. The van der Waals surface area contributed by atoms with Crippen LogP contribution in [0.15, 0.2) is 60.0 Å². The fourth-order valence-corrected chi connectivity index (χ4v) is 6.04. The Bertz CT molecular complexity index is 1520. The van der Waals surface area contributed by atoms with Crippen molar-refractivity contribution in [2.24, 2.45) is 0 Å². The van der Waals surface area contributed by atoms with Gasteiger partial charge in [0.1, 0.15) is 31.6 Å². The van der Waals surface area contributed by atoms with Gasteiger partial charge in [-0.3, -0.25) is 14.5 Å². The molecule has 0 unspecified atom stereocenters. The summed E-state index contributed by atoms with van der Waals surface area (Å²) in [5, 5.41) is 17.3. The lowest BCUT2D eigenvalue weighted by Crippen LogP contribution is -2.48. The van der Waals surface area contributed by atoms with Gasteiger partial charge in [0.25, 0.3) is 5.91 Å². The van der Waals surface area contributed by atoms with Gasteiger partial charge in [0.2, 0.25) is 11.7 Å². The summed E-state index contributed by atoms with van der Waals surface area (Å²) in [6, 6.07) is 14.1. The molecule has 0 bridgehead atoms. The molecule has 2 aliphatic rings. The number of thiophene rings is 1. The summed E-state index contributed by atoms with van der Waals surface area (Å²) in [6.07, 6.45) is 5.08. The van der Waals surface area contributed by atoms with E-state index < -0.39 is 17.8 Å². The molecule has 1 aliphatic heterocycles. The molecule has 2 aromatic carbocycles. The van der Waals surface area contributed by atoms with Crippen molar-refractivity contribution >= 4 is 28.8 Å². The summed E-state index contributed by atoms with van der Waals surface area (Å²) in [7, 11) is 0. The third-order valence-electron chi connectivity index (χ3n) is 7.19. The van der Waals surface area contributed by atoms with Gasteiger partial charge in [-0.25, -0.2) is 4.39 Å². The van der Waals surface area contributed by atoms with Crippen molar-refractivity contribution in [3.8, 4) is 22.9 Å². The summed E-state index contributed by atoms with van der Waals surface area (Å²) >= 11 is 1.40. The van der Waals surface area contributed by atoms with Crippen molar-refractivity contribution < 1.29 is 23.5 Å². The van der Waals surface area contributed by atoms with E-state index in [4.69, 9.17) is 9.47 Å². The largest absolute Gasteiger partial charge is 0.486 e. The molecular formula is C29H29FN6O4S. The molecule has 0 radical (unpaired) electrons. The maximum absolute atomic E-state index is 14.3. The first-order valence-corrected chi connectivity index (χ1v) is 14.5. The first kappa shape index (κ1) is 26.9. The van der Waals surface area contributed by atoms with Crippen LogP contribution in [-0.4, -0.2) is 51.3 Å².